The summed E-state index contributed by atoms with van der Waals surface area (Å²) in [6, 6.07) is 0. The second-order valence-corrected chi connectivity index (χ2v) is 4.33. The molecule has 1 aliphatic rings. The third-order valence-electron chi connectivity index (χ3n) is 2.34. The van der Waals surface area contributed by atoms with E-state index in [4.69, 9.17) is 0 Å². The first-order valence-electron chi connectivity index (χ1n) is 4.42. The highest BCUT2D eigenvalue weighted by molar-refractivity contribution is 5.81. The zero-order valence-electron chi connectivity index (χ0n) is 8.76. The first-order valence-corrected chi connectivity index (χ1v) is 4.42. The summed E-state index contributed by atoms with van der Waals surface area (Å²) < 4.78 is 0. The van der Waals surface area contributed by atoms with Crippen molar-refractivity contribution in [2.45, 2.75) is 26.3 Å². The average Bonchev–Trinajstić information content (AvgIpc) is 2.31. The summed E-state index contributed by atoms with van der Waals surface area (Å²) >= 11 is 0. The molecular weight excluding hydrogens is 150 g/mol. The highest BCUT2D eigenvalue weighted by Crippen LogP contribution is 2.14. The summed E-state index contributed by atoms with van der Waals surface area (Å²) in [5.41, 5.74) is 0.164. The van der Waals surface area contributed by atoms with Crippen LogP contribution in [0.25, 0.3) is 0 Å². The van der Waals surface area contributed by atoms with E-state index in [1.54, 1.807) is 0 Å². The number of rotatable bonds is 0. The van der Waals surface area contributed by atoms with E-state index in [2.05, 4.69) is 49.7 Å². The first kappa shape index (κ1) is 9.36. The summed E-state index contributed by atoms with van der Waals surface area (Å²) in [6.07, 6.45) is 0. The van der Waals surface area contributed by atoms with Gasteiger partial charge in [-0.2, -0.15) is 0 Å². The third kappa shape index (κ3) is 1.71. The van der Waals surface area contributed by atoms with E-state index in [1.807, 2.05) is 0 Å². The van der Waals surface area contributed by atoms with E-state index in [-0.39, 0.29) is 5.54 Å². The normalized spacial score (nSPS) is 18.1. The van der Waals surface area contributed by atoms with E-state index in [0.29, 0.717) is 0 Å². The van der Waals surface area contributed by atoms with Crippen LogP contribution in [-0.4, -0.2) is 48.5 Å². The number of aliphatic imine (C=N–C) groups is 1. The van der Waals surface area contributed by atoms with Gasteiger partial charge in [0, 0.05) is 26.2 Å². The molecule has 0 saturated heterocycles. The summed E-state index contributed by atoms with van der Waals surface area (Å²) in [6.45, 7) is 8.58. The van der Waals surface area contributed by atoms with Gasteiger partial charge < -0.3 is 9.80 Å². The van der Waals surface area contributed by atoms with Crippen LogP contribution in [-0.2, 0) is 0 Å². The van der Waals surface area contributed by atoms with Crippen molar-refractivity contribution in [3.05, 3.63) is 0 Å². The molecule has 0 aliphatic carbocycles. The first-order chi connectivity index (χ1) is 5.43. The highest BCUT2D eigenvalue weighted by atomic mass is 15.4. The van der Waals surface area contributed by atoms with Crippen LogP contribution in [0.1, 0.15) is 20.8 Å². The molecule has 1 heterocycles. The number of hydrogen-bond acceptors (Lipinski definition) is 3. The maximum Gasteiger partial charge on any atom is 0.196 e. The lowest BCUT2D eigenvalue weighted by Crippen LogP contribution is -2.47. The number of nitrogens with zero attached hydrogens (tertiary/aromatic N) is 3. The van der Waals surface area contributed by atoms with Crippen molar-refractivity contribution in [2.75, 3.05) is 27.2 Å². The van der Waals surface area contributed by atoms with Gasteiger partial charge in [0.05, 0.1) is 6.54 Å². The summed E-state index contributed by atoms with van der Waals surface area (Å²) in [5.74, 6) is 1.11. The number of guanidine groups is 1. The monoisotopic (exact) mass is 169 g/mol. The molecule has 0 fully saturated rings. The maximum absolute atomic E-state index is 4.45. The van der Waals surface area contributed by atoms with Crippen LogP contribution in [0.5, 0.6) is 0 Å². The maximum atomic E-state index is 4.45. The Balaban J connectivity index is 2.70. The van der Waals surface area contributed by atoms with Crippen LogP contribution >= 0.6 is 0 Å². The fraction of sp³-hybridized carbons (Fsp3) is 0.889. The molecule has 0 unspecified atom stereocenters. The Hall–Kier alpha value is -0.730. The van der Waals surface area contributed by atoms with Gasteiger partial charge in [0.15, 0.2) is 5.96 Å². The zero-order chi connectivity index (χ0) is 9.35. The van der Waals surface area contributed by atoms with Crippen LogP contribution < -0.4 is 0 Å². The SMILES string of the molecule is CN1CCN=C1N(C)C(C)(C)C. The molecule has 0 radical (unpaired) electrons. The van der Waals surface area contributed by atoms with Crippen LogP contribution in [0.2, 0.25) is 0 Å². The number of hydrogen-bond donors (Lipinski definition) is 0. The number of likely N-dealkylation sites (N-methyl/N-ethyl adjacent to an activating group) is 1. The summed E-state index contributed by atoms with van der Waals surface area (Å²) in [5, 5.41) is 0. The smallest absolute Gasteiger partial charge is 0.196 e. The van der Waals surface area contributed by atoms with Gasteiger partial charge in [-0.3, -0.25) is 4.99 Å². The van der Waals surface area contributed by atoms with E-state index in [0.717, 1.165) is 19.0 Å². The van der Waals surface area contributed by atoms with E-state index < -0.39 is 0 Å². The minimum absolute atomic E-state index is 0.164. The van der Waals surface area contributed by atoms with Gasteiger partial charge in [-0.1, -0.05) is 0 Å². The van der Waals surface area contributed by atoms with Crippen molar-refractivity contribution in [1.29, 1.82) is 0 Å². The van der Waals surface area contributed by atoms with Gasteiger partial charge in [0.1, 0.15) is 0 Å². The van der Waals surface area contributed by atoms with E-state index >= 15 is 0 Å². The Morgan fingerprint density at radius 2 is 2.00 bits per heavy atom. The lowest BCUT2D eigenvalue weighted by molar-refractivity contribution is 0.255. The van der Waals surface area contributed by atoms with Gasteiger partial charge in [0.2, 0.25) is 0 Å². The standard InChI is InChI=1S/C9H19N3/c1-9(2,3)12(5)8-10-6-7-11(8)4/h6-7H2,1-5H3. The van der Waals surface area contributed by atoms with Gasteiger partial charge in [-0.05, 0) is 20.8 Å². The molecule has 1 rings (SSSR count). The van der Waals surface area contributed by atoms with Crippen molar-refractivity contribution >= 4 is 5.96 Å². The molecule has 1 aliphatic heterocycles. The molecule has 0 amide bonds. The minimum atomic E-state index is 0.164. The fourth-order valence-electron chi connectivity index (χ4n) is 1.18. The highest BCUT2D eigenvalue weighted by Gasteiger charge is 2.25. The van der Waals surface area contributed by atoms with Gasteiger partial charge >= 0.3 is 0 Å². The quantitative estimate of drug-likeness (QED) is 0.539. The molecule has 0 bridgehead atoms. The van der Waals surface area contributed by atoms with Gasteiger partial charge in [0.25, 0.3) is 0 Å². The summed E-state index contributed by atoms with van der Waals surface area (Å²) in [4.78, 5) is 8.87. The average molecular weight is 169 g/mol. The molecule has 3 nitrogen and oxygen atoms in total. The van der Waals surface area contributed by atoms with Crippen LogP contribution in [0.4, 0.5) is 0 Å². The molecule has 0 spiro atoms. The van der Waals surface area contributed by atoms with E-state index in [1.165, 1.54) is 0 Å². The minimum Gasteiger partial charge on any atom is -0.344 e. The molecule has 0 aromatic carbocycles. The van der Waals surface area contributed by atoms with Crippen LogP contribution in [0.3, 0.4) is 0 Å². The predicted molar refractivity (Wildman–Crippen MR) is 52.4 cm³/mol. The van der Waals surface area contributed by atoms with Gasteiger partial charge in [-0.25, -0.2) is 0 Å². The Morgan fingerprint density at radius 1 is 1.42 bits per heavy atom. The molecule has 12 heavy (non-hydrogen) atoms. The van der Waals surface area contributed by atoms with Crippen molar-refractivity contribution < 1.29 is 0 Å². The Bertz CT molecular complexity index is 190. The molecule has 70 valence electrons. The molecule has 0 saturated carbocycles. The molecule has 0 aromatic heterocycles. The summed E-state index contributed by atoms with van der Waals surface area (Å²) in [7, 11) is 4.19. The lowest BCUT2D eigenvalue weighted by Gasteiger charge is -2.36. The Labute approximate surface area is 75.1 Å². The third-order valence-corrected chi connectivity index (χ3v) is 2.34. The van der Waals surface area contributed by atoms with Gasteiger partial charge in [-0.15, -0.1) is 0 Å². The second kappa shape index (κ2) is 2.96. The van der Waals surface area contributed by atoms with Crippen molar-refractivity contribution in [1.82, 2.24) is 9.80 Å². The molecule has 0 N–H and O–H groups in total. The van der Waals surface area contributed by atoms with Crippen LogP contribution in [0, 0.1) is 0 Å². The fourth-order valence-corrected chi connectivity index (χ4v) is 1.18. The van der Waals surface area contributed by atoms with Crippen LogP contribution in [0.15, 0.2) is 4.99 Å². The molecule has 3 heteroatoms. The van der Waals surface area contributed by atoms with Crippen molar-refractivity contribution in [3.8, 4) is 0 Å². The Kier molecular flexibility index (Phi) is 2.31. The molecule has 0 aromatic rings. The largest absolute Gasteiger partial charge is 0.344 e. The Morgan fingerprint density at radius 3 is 2.33 bits per heavy atom. The van der Waals surface area contributed by atoms with Crippen molar-refractivity contribution in [2.24, 2.45) is 4.99 Å². The topological polar surface area (TPSA) is 18.8 Å². The molecule has 0 atom stereocenters. The lowest BCUT2D eigenvalue weighted by atomic mass is 10.1. The second-order valence-electron chi connectivity index (χ2n) is 4.33. The van der Waals surface area contributed by atoms with E-state index in [9.17, 15) is 0 Å². The van der Waals surface area contributed by atoms with Crippen molar-refractivity contribution in [3.63, 3.8) is 0 Å². The zero-order valence-corrected chi connectivity index (χ0v) is 8.76. The molecular formula is C9H19N3. The predicted octanol–water partition coefficient (Wildman–Crippen LogP) is 1.02.